The molecule has 0 unspecified atom stereocenters. The van der Waals surface area contributed by atoms with Gasteiger partial charge in [0, 0.05) is 72.0 Å². The van der Waals surface area contributed by atoms with Gasteiger partial charge in [0.25, 0.3) is 0 Å². The van der Waals surface area contributed by atoms with E-state index >= 15 is 0 Å². The highest BCUT2D eigenvalue weighted by Gasteiger charge is 2.22. The minimum atomic E-state index is 0.586. The lowest BCUT2D eigenvalue weighted by Crippen LogP contribution is -2.04. The molecule has 0 N–H and O–H groups in total. The van der Waals surface area contributed by atoms with Gasteiger partial charge in [0.05, 0.1) is 33.5 Å². The fourth-order valence-corrected chi connectivity index (χ4v) is 9.95. The summed E-state index contributed by atoms with van der Waals surface area (Å²) < 4.78 is 17.7. The quantitative estimate of drug-likeness (QED) is 0.174. The van der Waals surface area contributed by atoms with Crippen molar-refractivity contribution in [1.82, 2.24) is 19.1 Å². The molecule has 0 aliphatic rings. The average molecular weight is 819 g/mol. The minimum Gasteiger partial charge on any atom is -0.456 e. The summed E-state index contributed by atoms with van der Waals surface area (Å²) in [7, 11) is 0. The van der Waals surface area contributed by atoms with Gasteiger partial charge in [-0.05, 0) is 71.8 Å². The Morgan fingerprint density at radius 3 is 1.48 bits per heavy atom. The van der Waals surface area contributed by atoms with E-state index in [-0.39, 0.29) is 0 Å². The summed E-state index contributed by atoms with van der Waals surface area (Å²) in [4.78, 5) is 10.7. The van der Waals surface area contributed by atoms with Gasteiger partial charge in [0.15, 0.2) is 0 Å². The molecule has 0 atom stereocenters. The van der Waals surface area contributed by atoms with Gasteiger partial charge in [-0.15, -0.1) is 0 Å². The third-order valence-corrected chi connectivity index (χ3v) is 12.9. The van der Waals surface area contributed by atoms with Gasteiger partial charge in [-0.1, -0.05) is 133 Å². The first kappa shape index (κ1) is 34.9. The fraction of sp³-hybridized carbons (Fsp3) is 0. The summed E-state index contributed by atoms with van der Waals surface area (Å²) in [5.74, 6) is 0.586. The van der Waals surface area contributed by atoms with Crippen LogP contribution in [0.4, 0.5) is 0 Å². The Morgan fingerprint density at radius 2 is 0.781 bits per heavy atom. The second kappa shape index (κ2) is 13.4. The number of furan rings is 2. The lowest BCUT2D eigenvalue weighted by molar-refractivity contribution is 0.669. The van der Waals surface area contributed by atoms with Crippen LogP contribution < -0.4 is 0 Å². The Hall–Kier alpha value is -8.74. The van der Waals surface area contributed by atoms with Gasteiger partial charge in [-0.2, -0.15) is 0 Å². The van der Waals surface area contributed by atoms with E-state index in [0.29, 0.717) is 5.95 Å². The molecule has 0 fully saturated rings. The molecule has 0 saturated carbocycles. The van der Waals surface area contributed by atoms with Crippen LogP contribution in [0, 0.1) is 0 Å². The smallest absolute Gasteiger partial charge is 0.235 e. The van der Waals surface area contributed by atoms with E-state index in [9.17, 15) is 0 Å². The van der Waals surface area contributed by atoms with Crippen molar-refractivity contribution in [3.63, 3.8) is 0 Å². The van der Waals surface area contributed by atoms with Crippen LogP contribution in [-0.4, -0.2) is 19.1 Å². The molecule has 9 aromatic carbocycles. The zero-order valence-electron chi connectivity index (χ0n) is 34.2. The molecule has 5 heterocycles. The van der Waals surface area contributed by atoms with Gasteiger partial charge in [0.1, 0.15) is 22.3 Å². The number of hydrogen-bond donors (Lipinski definition) is 0. The fourth-order valence-electron chi connectivity index (χ4n) is 9.95. The van der Waals surface area contributed by atoms with Crippen molar-refractivity contribution >= 4 is 87.5 Å². The highest BCUT2D eigenvalue weighted by Crippen LogP contribution is 2.42. The normalized spacial score (nSPS) is 12.1. The molecule has 14 rings (SSSR count). The number of fused-ring (bicyclic) bond motifs is 12. The van der Waals surface area contributed by atoms with Crippen LogP contribution in [0.1, 0.15) is 0 Å². The van der Waals surface area contributed by atoms with Crippen molar-refractivity contribution < 1.29 is 8.83 Å². The Kier molecular flexibility index (Phi) is 7.30. The van der Waals surface area contributed by atoms with E-state index < -0.39 is 0 Å². The standard InChI is InChI=1S/C58H34N4O2/c1-4-14-35(15-5-1)48-32-49(36-16-6-2-7-17-36)60-58(59-48)62-51-29-38(24-26-41(51)44-30-46-42-21-11-13-23-54(42)63-56(46)34-53(44)62)37-25-27-55-45(28-37)47-31-43-40-20-10-12-22-50(40)61(39-18-8-3-9-19-39)52(43)33-57(47)64-55/h1-34H. The summed E-state index contributed by atoms with van der Waals surface area (Å²) in [6.45, 7) is 0. The van der Waals surface area contributed by atoms with Crippen LogP contribution in [0.3, 0.4) is 0 Å². The van der Waals surface area contributed by atoms with Crippen LogP contribution in [0.5, 0.6) is 0 Å². The second-order valence-corrected chi connectivity index (χ2v) is 16.6. The zero-order chi connectivity index (χ0) is 41.9. The maximum absolute atomic E-state index is 6.64. The lowest BCUT2D eigenvalue weighted by atomic mass is 10.0. The number of para-hydroxylation sites is 3. The monoisotopic (exact) mass is 818 g/mol. The van der Waals surface area contributed by atoms with Gasteiger partial charge >= 0.3 is 0 Å². The Morgan fingerprint density at radius 1 is 0.281 bits per heavy atom. The summed E-state index contributed by atoms with van der Waals surface area (Å²) in [5, 5.41) is 8.94. The van der Waals surface area contributed by atoms with Crippen molar-refractivity contribution in [1.29, 1.82) is 0 Å². The van der Waals surface area contributed by atoms with Crippen molar-refractivity contribution in [3.05, 3.63) is 206 Å². The molecule has 0 amide bonds. The van der Waals surface area contributed by atoms with Crippen molar-refractivity contribution in [2.75, 3.05) is 0 Å². The highest BCUT2D eigenvalue weighted by molar-refractivity contribution is 6.19. The lowest BCUT2D eigenvalue weighted by Gasteiger charge is -2.12. The summed E-state index contributed by atoms with van der Waals surface area (Å²) >= 11 is 0. The summed E-state index contributed by atoms with van der Waals surface area (Å²) in [6.07, 6.45) is 0. The zero-order valence-corrected chi connectivity index (χ0v) is 34.2. The summed E-state index contributed by atoms with van der Waals surface area (Å²) in [6, 6.07) is 72.4. The van der Waals surface area contributed by atoms with Gasteiger partial charge in [0.2, 0.25) is 5.95 Å². The number of hydrogen-bond acceptors (Lipinski definition) is 4. The van der Waals surface area contributed by atoms with Crippen LogP contribution in [0.25, 0.3) is 133 Å². The van der Waals surface area contributed by atoms with Crippen molar-refractivity contribution in [3.8, 4) is 45.3 Å². The van der Waals surface area contributed by atoms with Crippen LogP contribution in [-0.2, 0) is 0 Å². The molecular formula is C58H34N4O2. The van der Waals surface area contributed by atoms with E-state index in [1.54, 1.807) is 0 Å². The molecule has 298 valence electrons. The number of rotatable bonds is 5. The largest absolute Gasteiger partial charge is 0.456 e. The van der Waals surface area contributed by atoms with Gasteiger partial charge in [-0.3, -0.25) is 4.57 Å². The molecule has 0 radical (unpaired) electrons. The molecule has 0 saturated heterocycles. The predicted molar refractivity (Wildman–Crippen MR) is 262 cm³/mol. The van der Waals surface area contributed by atoms with Gasteiger partial charge in [-0.25, -0.2) is 9.97 Å². The molecule has 0 spiro atoms. The second-order valence-electron chi connectivity index (χ2n) is 16.6. The van der Waals surface area contributed by atoms with E-state index in [2.05, 4.69) is 191 Å². The van der Waals surface area contributed by atoms with Crippen molar-refractivity contribution in [2.45, 2.75) is 0 Å². The molecule has 6 nitrogen and oxygen atoms in total. The first-order valence-electron chi connectivity index (χ1n) is 21.6. The predicted octanol–water partition coefficient (Wildman–Crippen LogP) is 15.5. The SMILES string of the molecule is c1ccc(-c2cc(-c3ccccc3)nc(-n3c4cc(-c5ccc6oc7cc8c(cc7c6c5)c5ccccc5n8-c5ccccc5)ccc4c4cc5c(cc43)oc3ccccc35)n2)cc1. The molecule has 0 aliphatic carbocycles. The molecule has 14 aromatic rings. The van der Waals surface area contributed by atoms with Crippen LogP contribution in [0.15, 0.2) is 215 Å². The van der Waals surface area contributed by atoms with Crippen LogP contribution >= 0.6 is 0 Å². The first-order valence-corrected chi connectivity index (χ1v) is 21.6. The number of aromatic nitrogens is 4. The number of nitrogens with zero attached hydrogens (tertiary/aromatic N) is 4. The molecule has 0 bridgehead atoms. The maximum Gasteiger partial charge on any atom is 0.235 e. The van der Waals surface area contributed by atoms with E-state index in [4.69, 9.17) is 18.8 Å². The Bertz CT molecular complexity index is 4120. The third kappa shape index (κ3) is 5.20. The third-order valence-electron chi connectivity index (χ3n) is 12.9. The first-order chi connectivity index (χ1) is 31.7. The number of benzene rings is 9. The molecule has 64 heavy (non-hydrogen) atoms. The highest BCUT2D eigenvalue weighted by atomic mass is 16.3. The molecule has 0 aliphatic heterocycles. The van der Waals surface area contributed by atoms with E-state index in [1.165, 1.54) is 16.3 Å². The Balaban J connectivity index is 1.01. The van der Waals surface area contributed by atoms with E-state index in [0.717, 1.165) is 111 Å². The Labute approximate surface area is 365 Å². The molecular weight excluding hydrogens is 785 g/mol. The maximum atomic E-state index is 6.64. The topological polar surface area (TPSA) is 61.9 Å². The average Bonchev–Trinajstić information content (AvgIpc) is 4.09. The van der Waals surface area contributed by atoms with Crippen LogP contribution in [0.2, 0.25) is 0 Å². The molecule has 6 heteroatoms. The summed E-state index contributed by atoms with van der Waals surface area (Å²) in [5.41, 5.74) is 14.7. The minimum absolute atomic E-state index is 0.586. The molecule has 5 aromatic heterocycles. The van der Waals surface area contributed by atoms with Gasteiger partial charge < -0.3 is 13.4 Å². The van der Waals surface area contributed by atoms with Crippen molar-refractivity contribution in [2.24, 2.45) is 0 Å². The van der Waals surface area contributed by atoms with E-state index in [1.807, 2.05) is 24.3 Å².